The number of nitrogens with zero attached hydrogens (tertiary/aromatic N) is 1. The van der Waals surface area contributed by atoms with Crippen LogP contribution in [-0.4, -0.2) is 17.1 Å². The number of methoxy groups -OCH3 is 1. The summed E-state index contributed by atoms with van der Waals surface area (Å²) < 4.78 is 30.8. The number of rotatable bonds is 4. The molecule has 0 saturated carbocycles. The van der Waals surface area contributed by atoms with Gasteiger partial charge in [0.2, 0.25) is 0 Å². The molecule has 0 bridgehead atoms. The molecule has 106 valence electrons. The molecule has 0 spiro atoms. The van der Waals surface area contributed by atoms with E-state index in [0.29, 0.717) is 14.8 Å². The minimum Gasteiger partial charge on any atom is -0.378 e. The second kappa shape index (κ2) is 6.40. The first-order valence-electron chi connectivity index (χ1n) is 5.69. The van der Waals surface area contributed by atoms with Gasteiger partial charge in [0.05, 0.1) is 12.3 Å². The Morgan fingerprint density at radius 2 is 2.20 bits per heavy atom. The van der Waals surface area contributed by atoms with Gasteiger partial charge in [0.25, 0.3) is 12.0 Å². The van der Waals surface area contributed by atoms with Crippen molar-refractivity contribution in [2.45, 2.75) is 13.0 Å². The van der Waals surface area contributed by atoms with Gasteiger partial charge in [0, 0.05) is 18.2 Å². The van der Waals surface area contributed by atoms with Crippen LogP contribution in [0, 0.1) is 3.57 Å². The normalized spacial score (nSPS) is 11.1. The zero-order valence-electron chi connectivity index (χ0n) is 10.5. The second-order valence-corrected chi connectivity index (χ2v) is 5.11. The molecular weight excluding hydrogens is 381 g/mol. The lowest BCUT2D eigenvalue weighted by Gasteiger charge is -2.07. The van der Waals surface area contributed by atoms with Crippen molar-refractivity contribution in [2.75, 3.05) is 7.11 Å². The van der Waals surface area contributed by atoms with Crippen LogP contribution in [0.15, 0.2) is 29.1 Å². The molecule has 0 aliphatic heterocycles. The van der Waals surface area contributed by atoms with Crippen molar-refractivity contribution < 1.29 is 13.5 Å². The van der Waals surface area contributed by atoms with Gasteiger partial charge in [-0.2, -0.15) is 0 Å². The third-order valence-electron chi connectivity index (χ3n) is 2.62. The minimum absolute atomic E-state index is 0.114. The molecule has 0 aliphatic carbocycles. The molecule has 0 atom stereocenters. The van der Waals surface area contributed by atoms with Gasteiger partial charge in [-0.3, -0.25) is 4.79 Å². The summed E-state index contributed by atoms with van der Waals surface area (Å²) in [6.07, 6.45) is -2.57. The fourth-order valence-corrected chi connectivity index (χ4v) is 2.11. The summed E-state index contributed by atoms with van der Waals surface area (Å²) in [4.78, 5) is 18.7. The first-order chi connectivity index (χ1) is 9.52. The summed E-state index contributed by atoms with van der Waals surface area (Å²) in [6.45, 7) is 0.184. The molecule has 1 N–H and O–H groups in total. The molecule has 0 unspecified atom stereocenters. The highest BCUT2D eigenvalue weighted by atomic mass is 127. The average Bonchev–Trinajstić information content (AvgIpc) is 2.44. The van der Waals surface area contributed by atoms with E-state index < -0.39 is 6.43 Å². The Hall–Kier alpha value is -1.35. The van der Waals surface area contributed by atoms with Crippen LogP contribution in [0.2, 0.25) is 0 Å². The first-order valence-corrected chi connectivity index (χ1v) is 6.77. The minimum atomic E-state index is -2.57. The van der Waals surface area contributed by atoms with E-state index in [0.717, 1.165) is 0 Å². The predicted octanol–water partition coefficient (Wildman–Crippen LogP) is 3.13. The van der Waals surface area contributed by atoms with E-state index in [1.165, 1.54) is 25.3 Å². The van der Waals surface area contributed by atoms with E-state index in [-0.39, 0.29) is 23.6 Å². The lowest BCUT2D eigenvalue weighted by molar-refractivity contribution is 0.151. The van der Waals surface area contributed by atoms with Crippen LogP contribution in [0.1, 0.15) is 17.7 Å². The average molecular weight is 392 g/mol. The molecule has 2 rings (SSSR count). The molecule has 0 amide bonds. The molecule has 1 heterocycles. The number of hydrogen-bond acceptors (Lipinski definition) is 3. The Balaban J connectivity index is 2.52. The van der Waals surface area contributed by atoms with Gasteiger partial charge in [-0.25, -0.2) is 13.8 Å². The van der Waals surface area contributed by atoms with Crippen molar-refractivity contribution in [3.05, 3.63) is 49.4 Å². The zero-order chi connectivity index (χ0) is 14.7. The molecule has 4 nitrogen and oxygen atoms in total. The topological polar surface area (TPSA) is 55.0 Å². The number of H-pyrrole nitrogens is 1. The summed E-state index contributed by atoms with van der Waals surface area (Å²) in [5.41, 5.74) is 0.491. The highest BCUT2D eigenvalue weighted by Crippen LogP contribution is 2.23. The summed E-state index contributed by atoms with van der Waals surface area (Å²) in [5.74, 6) is 0.255. The van der Waals surface area contributed by atoms with Gasteiger partial charge in [0.1, 0.15) is 9.39 Å². The van der Waals surface area contributed by atoms with Gasteiger partial charge in [-0.15, -0.1) is 0 Å². The maximum atomic E-state index is 12.7. The van der Waals surface area contributed by atoms with E-state index in [1.54, 1.807) is 6.07 Å². The fourth-order valence-electron chi connectivity index (χ4n) is 1.70. The predicted molar refractivity (Wildman–Crippen MR) is 78.7 cm³/mol. The number of aromatic nitrogens is 2. The number of aromatic amines is 1. The molecule has 0 fully saturated rings. The molecule has 0 radical (unpaired) electrons. The third-order valence-corrected chi connectivity index (χ3v) is 3.74. The first kappa shape index (κ1) is 15.0. The highest BCUT2D eigenvalue weighted by Gasteiger charge is 2.12. The fraction of sp³-hybridized carbons (Fsp3) is 0.231. The SMILES string of the molecule is COCc1nc(-c2cccc(C(F)F)c2)[nH]c(=O)c1I. The van der Waals surface area contributed by atoms with Crippen LogP contribution in [0.3, 0.4) is 0 Å². The summed E-state index contributed by atoms with van der Waals surface area (Å²) in [5, 5.41) is 0. The van der Waals surface area contributed by atoms with Crippen molar-refractivity contribution in [2.24, 2.45) is 0 Å². The number of alkyl halides is 2. The number of benzene rings is 1. The Kier molecular flexibility index (Phi) is 4.81. The van der Waals surface area contributed by atoms with E-state index in [1.807, 2.05) is 22.6 Å². The van der Waals surface area contributed by atoms with E-state index in [9.17, 15) is 13.6 Å². The largest absolute Gasteiger partial charge is 0.378 e. The smallest absolute Gasteiger partial charge is 0.264 e. The standard InChI is InChI=1S/C13H11F2IN2O2/c1-20-6-9-10(16)13(19)18-12(17-9)8-4-2-3-7(5-8)11(14)15/h2-5,11H,6H2,1H3,(H,17,18,19). The third kappa shape index (κ3) is 3.21. The Bertz CT molecular complexity index is 674. The van der Waals surface area contributed by atoms with Crippen molar-refractivity contribution in [3.8, 4) is 11.4 Å². The van der Waals surface area contributed by atoms with Crippen molar-refractivity contribution in [1.82, 2.24) is 9.97 Å². The van der Waals surface area contributed by atoms with Gasteiger partial charge in [-0.05, 0) is 28.7 Å². The molecule has 2 aromatic rings. The number of halogens is 3. The Morgan fingerprint density at radius 3 is 2.85 bits per heavy atom. The summed E-state index contributed by atoms with van der Waals surface area (Å²) in [6, 6.07) is 5.76. The maximum absolute atomic E-state index is 12.7. The van der Waals surface area contributed by atoms with Crippen molar-refractivity contribution in [3.63, 3.8) is 0 Å². The second-order valence-electron chi connectivity index (χ2n) is 4.03. The van der Waals surface area contributed by atoms with Gasteiger partial charge in [-0.1, -0.05) is 18.2 Å². The van der Waals surface area contributed by atoms with Crippen LogP contribution in [0.25, 0.3) is 11.4 Å². The van der Waals surface area contributed by atoms with Gasteiger partial charge < -0.3 is 9.72 Å². The van der Waals surface area contributed by atoms with Crippen LogP contribution >= 0.6 is 22.6 Å². The van der Waals surface area contributed by atoms with Crippen LogP contribution in [-0.2, 0) is 11.3 Å². The van der Waals surface area contributed by atoms with Crippen LogP contribution in [0.4, 0.5) is 8.78 Å². The van der Waals surface area contributed by atoms with Gasteiger partial charge >= 0.3 is 0 Å². The summed E-state index contributed by atoms with van der Waals surface area (Å²) >= 11 is 1.88. The number of hydrogen-bond donors (Lipinski definition) is 1. The molecular formula is C13H11F2IN2O2. The lowest BCUT2D eigenvalue weighted by atomic mass is 10.1. The zero-order valence-corrected chi connectivity index (χ0v) is 12.6. The molecule has 1 aromatic heterocycles. The number of nitrogens with one attached hydrogen (secondary N) is 1. The van der Waals surface area contributed by atoms with E-state index in [4.69, 9.17) is 4.74 Å². The lowest BCUT2D eigenvalue weighted by Crippen LogP contribution is -2.16. The summed E-state index contributed by atoms with van der Waals surface area (Å²) in [7, 11) is 1.50. The van der Waals surface area contributed by atoms with Crippen LogP contribution in [0.5, 0.6) is 0 Å². The van der Waals surface area contributed by atoms with E-state index >= 15 is 0 Å². The Labute approximate surface area is 127 Å². The molecule has 7 heteroatoms. The Morgan fingerprint density at radius 1 is 1.45 bits per heavy atom. The molecule has 1 aromatic carbocycles. The molecule has 20 heavy (non-hydrogen) atoms. The van der Waals surface area contributed by atoms with Gasteiger partial charge in [0.15, 0.2) is 0 Å². The molecule has 0 aliphatic rings. The molecule has 0 saturated heterocycles. The van der Waals surface area contributed by atoms with Crippen molar-refractivity contribution in [1.29, 1.82) is 0 Å². The number of ether oxygens (including phenoxy) is 1. The van der Waals surface area contributed by atoms with Crippen LogP contribution < -0.4 is 5.56 Å². The maximum Gasteiger partial charge on any atom is 0.264 e. The highest BCUT2D eigenvalue weighted by molar-refractivity contribution is 14.1. The quantitative estimate of drug-likeness (QED) is 0.814. The van der Waals surface area contributed by atoms with E-state index in [2.05, 4.69) is 9.97 Å². The monoisotopic (exact) mass is 392 g/mol. The van der Waals surface area contributed by atoms with Crippen molar-refractivity contribution >= 4 is 22.6 Å².